The van der Waals surface area contributed by atoms with Crippen molar-refractivity contribution in [3.8, 4) is 0 Å². The van der Waals surface area contributed by atoms with Gasteiger partial charge in [0.1, 0.15) is 0 Å². The average Bonchev–Trinajstić information content (AvgIpc) is 2.46. The van der Waals surface area contributed by atoms with Crippen LogP contribution in [0.2, 0.25) is 0 Å². The lowest BCUT2D eigenvalue weighted by atomic mass is 10.1. The van der Waals surface area contributed by atoms with E-state index in [-0.39, 0.29) is 0 Å². The summed E-state index contributed by atoms with van der Waals surface area (Å²) in [6.07, 6.45) is 1.76. The number of rotatable bonds is 5. The SMILES string of the molecule is CCc1nnc(NCc2ccccc2C)nc1CC. The highest BCUT2D eigenvalue weighted by Gasteiger charge is 2.06. The lowest BCUT2D eigenvalue weighted by Gasteiger charge is -2.09. The molecule has 0 saturated heterocycles. The van der Waals surface area contributed by atoms with Gasteiger partial charge in [-0.2, -0.15) is 5.10 Å². The molecule has 0 aliphatic rings. The monoisotopic (exact) mass is 256 g/mol. The van der Waals surface area contributed by atoms with Gasteiger partial charge in [0, 0.05) is 6.54 Å². The molecule has 0 atom stereocenters. The fraction of sp³-hybridized carbons (Fsp3) is 0.400. The van der Waals surface area contributed by atoms with Crippen LogP contribution in [-0.4, -0.2) is 15.2 Å². The number of hydrogen-bond donors (Lipinski definition) is 1. The average molecular weight is 256 g/mol. The van der Waals surface area contributed by atoms with E-state index in [2.05, 4.69) is 53.4 Å². The van der Waals surface area contributed by atoms with E-state index in [1.165, 1.54) is 11.1 Å². The summed E-state index contributed by atoms with van der Waals surface area (Å²) in [5.41, 5.74) is 4.54. The third-order valence-electron chi connectivity index (χ3n) is 3.21. The van der Waals surface area contributed by atoms with Gasteiger partial charge in [0.05, 0.1) is 11.4 Å². The van der Waals surface area contributed by atoms with Crippen molar-refractivity contribution >= 4 is 5.95 Å². The summed E-state index contributed by atoms with van der Waals surface area (Å²) in [5.74, 6) is 0.609. The second-order valence-electron chi connectivity index (χ2n) is 4.52. The van der Waals surface area contributed by atoms with Crippen molar-refractivity contribution in [3.63, 3.8) is 0 Å². The Labute approximate surface area is 114 Å². The normalized spacial score (nSPS) is 10.5. The number of aryl methyl sites for hydroxylation is 3. The highest BCUT2D eigenvalue weighted by atomic mass is 15.2. The molecule has 4 nitrogen and oxygen atoms in total. The molecule has 0 aliphatic heterocycles. The zero-order valence-corrected chi connectivity index (χ0v) is 11.8. The highest BCUT2D eigenvalue weighted by Crippen LogP contribution is 2.10. The van der Waals surface area contributed by atoms with Crippen LogP contribution in [0.4, 0.5) is 5.95 Å². The summed E-state index contributed by atoms with van der Waals surface area (Å²) in [6, 6.07) is 8.30. The lowest BCUT2D eigenvalue weighted by molar-refractivity contribution is 0.819. The number of nitrogens with one attached hydrogen (secondary N) is 1. The third kappa shape index (κ3) is 3.28. The summed E-state index contributed by atoms with van der Waals surface area (Å²) < 4.78 is 0. The van der Waals surface area contributed by atoms with Crippen LogP contribution >= 0.6 is 0 Å². The van der Waals surface area contributed by atoms with E-state index in [0.29, 0.717) is 5.95 Å². The summed E-state index contributed by atoms with van der Waals surface area (Å²) in [6.45, 7) is 7.00. The van der Waals surface area contributed by atoms with E-state index < -0.39 is 0 Å². The van der Waals surface area contributed by atoms with E-state index >= 15 is 0 Å². The van der Waals surface area contributed by atoms with Crippen molar-refractivity contribution in [1.29, 1.82) is 0 Å². The van der Waals surface area contributed by atoms with Crippen LogP contribution in [0.15, 0.2) is 24.3 Å². The predicted molar refractivity (Wildman–Crippen MR) is 77.1 cm³/mol. The first kappa shape index (κ1) is 13.5. The Hall–Kier alpha value is -1.97. The van der Waals surface area contributed by atoms with Crippen LogP contribution in [0, 0.1) is 6.92 Å². The molecule has 0 saturated carbocycles. The smallest absolute Gasteiger partial charge is 0.243 e. The second-order valence-corrected chi connectivity index (χ2v) is 4.52. The molecular formula is C15H20N4. The molecule has 1 aromatic heterocycles. The molecule has 1 heterocycles. The van der Waals surface area contributed by atoms with Gasteiger partial charge in [-0.15, -0.1) is 5.10 Å². The minimum atomic E-state index is 0.609. The number of aromatic nitrogens is 3. The number of anilines is 1. The number of nitrogens with zero attached hydrogens (tertiary/aromatic N) is 3. The number of benzene rings is 1. The Morgan fingerprint density at radius 1 is 1.00 bits per heavy atom. The summed E-state index contributed by atoms with van der Waals surface area (Å²) >= 11 is 0. The van der Waals surface area contributed by atoms with Gasteiger partial charge in [-0.05, 0) is 30.9 Å². The van der Waals surface area contributed by atoms with E-state index in [1.54, 1.807) is 0 Å². The van der Waals surface area contributed by atoms with Crippen LogP contribution in [-0.2, 0) is 19.4 Å². The molecule has 2 aromatic rings. The van der Waals surface area contributed by atoms with Crippen molar-refractivity contribution in [1.82, 2.24) is 15.2 Å². The molecule has 0 spiro atoms. The summed E-state index contributed by atoms with van der Waals surface area (Å²) in [4.78, 5) is 4.52. The fourth-order valence-electron chi connectivity index (χ4n) is 2.00. The lowest BCUT2D eigenvalue weighted by Crippen LogP contribution is -2.10. The number of hydrogen-bond acceptors (Lipinski definition) is 4. The van der Waals surface area contributed by atoms with Crippen molar-refractivity contribution < 1.29 is 0 Å². The molecule has 0 radical (unpaired) electrons. The van der Waals surface area contributed by atoms with Gasteiger partial charge in [-0.1, -0.05) is 38.1 Å². The fourth-order valence-corrected chi connectivity index (χ4v) is 2.00. The van der Waals surface area contributed by atoms with Gasteiger partial charge in [-0.25, -0.2) is 4.98 Å². The molecule has 4 heteroatoms. The van der Waals surface area contributed by atoms with E-state index in [0.717, 1.165) is 30.8 Å². The summed E-state index contributed by atoms with van der Waals surface area (Å²) in [5, 5.41) is 11.6. The first-order chi connectivity index (χ1) is 9.24. The van der Waals surface area contributed by atoms with Crippen LogP contribution < -0.4 is 5.32 Å². The Morgan fingerprint density at radius 3 is 2.42 bits per heavy atom. The van der Waals surface area contributed by atoms with Crippen LogP contribution in [0.3, 0.4) is 0 Å². The van der Waals surface area contributed by atoms with Gasteiger partial charge < -0.3 is 5.32 Å². The minimum absolute atomic E-state index is 0.609. The third-order valence-corrected chi connectivity index (χ3v) is 3.21. The Kier molecular flexibility index (Phi) is 4.44. The van der Waals surface area contributed by atoms with Crippen LogP contribution in [0.25, 0.3) is 0 Å². The first-order valence-corrected chi connectivity index (χ1v) is 6.75. The Balaban J connectivity index is 2.10. The molecule has 0 fully saturated rings. The van der Waals surface area contributed by atoms with Crippen molar-refractivity contribution in [3.05, 3.63) is 46.8 Å². The maximum absolute atomic E-state index is 4.52. The Morgan fingerprint density at radius 2 is 1.74 bits per heavy atom. The van der Waals surface area contributed by atoms with E-state index in [4.69, 9.17) is 0 Å². The second kappa shape index (κ2) is 6.27. The van der Waals surface area contributed by atoms with Gasteiger partial charge in [0.15, 0.2) is 0 Å². The molecule has 1 aromatic carbocycles. The van der Waals surface area contributed by atoms with Crippen LogP contribution in [0.5, 0.6) is 0 Å². The molecule has 0 amide bonds. The quantitative estimate of drug-likeness (QED) is 0.893. The largest absolute Gasteiger partial charge is 0.349 e. The molecule has 19 heavy (non-hydrogen) atoms. The van der Waals surface area contributed by atoms with Crippen molar-refractivity contribution in [2.24, 2.45) is 0 Å². The zero-order chi connectivity index (χ0) is 13.7. The maximum Gasteiger partial charge on any atom is 0.243 e. The van der Waals surface area contributed by atoms with Gasteiger partial charge in [0.2, 0.25) is 5.95 Å². The van der Waals surface area contributed by atoms with Crippen LogP contribution in [0.1, 0.15) is 36.4 Å². The molecule has 1 N–H and O–H groups in total. The minimum Gasteiger partial charge on any atom is -0.349 e. The molecule has 100 valence electrons. The highest BCUT2D eigenvalue weighted by molar-refractivity contribution is 5.32. The maximum atomic E-state index is 4.52. The molecular weight excluding hydrogens is 236 g/mol. The van der Waals surface area contributed by atoms with Gasteiger partial charge >= 0.3 is 0 Å². The molecule has 2 rings (SSSR count). The summed E-state index contributed by atoms with van der Waals surface area (Å²) in [7, 11) is 0. The van der Waals surface area contributed by atoms with Gasteiger partial charge in [0.25, 0.3) is 0 Å². The topological polar surface area (TPSA) is 50.7 Å². The zero-order valence-electron chi connectivity index (χ0n) is 11.8. The van der Waals surface area contributed by atoms with Crippen molar-refractivity contribution in [2.45, 2.75) is 40.2 Å². The van der Waals surface area contributed by atoms with Gasteiger partial charge in [-0.3, -0.25) is 0 Å². The standard InChI is InChI=1S/C15H20N4/c1-4-13-14(5-2)18-19-15(17-13)16-10-12-9-7-6-8-11(12)3/h6-9H,4-5,10H2,1-3H3,(H,16,17,19). The van der Waals surface area contributed by atoms with Crippen molar-refractivity contribution in [2.75, 3.05) is 5.32 Å². The molecule has 0 unspecified atom stereocenters. The van der Waals surface area contributed by atoms with E-state index in [1.807, 2.05) is 12.1 Å². The molecule has 0 aliphatic carbocycles. The first-order valence-electron chi connectivity index (χ1n) is 6.75. The van der Waals surface area contributed by atoms with E-state index in [9.17, 15) is 0 Å². The predicted octanol–water partition coefficient (Wildman–Crippen LogP) is 2.92. The Bertz CT molecular complexity index is 552. The molecule has 0 bridgehead atoms.